The lowest BCUT2D eigenvalue weighted by molar-refractivity contribution is 0.311. The summed E-state index contributed by atoms with van der Waals surface area (Å²) in [6.45, 7) is 4.94. The number of nitrogens with zero attached hydrogens (tertiary/aromatic N) is 2. The third kappa shape index (κ3) is 5.87. The lowest BCUT2D eigenvalue weighted by Crippen LogP contribution is -2.38. The van der Waals surface area contributed by atoms with E-state index < -0.39 is 0 Å². The molecule has 0 unspecified atom stereocenters. The van der Waals surface area contributed by atoms with Gasteiger partial charge in [0.05, 0.1) is 18.8 Å². The number of hydrogen-bond acceptors (Lipinski definition) is 3. The quantitative estimate of drug-likeness (QED) is 0.396. The summed E-state index contributed by atoms with van der Waals surface area (Å²) in [5, 5.41) is 13.3. The van der Waals surface area contributed by atoms with Crippen molar-refractivity contribution < 1.29 is 4.74 Å². The minimum atomic E-state index is 0.579. The first-order chi connectivity index (χ1) is 10.9. The van der Waals surface area contributed by atoms with E-state index in [0.717, 1.165) is 36.9 Å². The molecule has 118 valence electrons. The number of ether oxygens (including phenoxy) is 1. The van der Waals surface area contributed by atoms with Crippen LogP contribution < -0.4 is 15.4 Å². The van der Waals surface area contributed by atoms with E-state index in [1.54, 1.807) is 6.20 Å². The van der Waals surface area contributed by atoms with Crippen LogP contribution in [0.4, 0.5) is 0 Å². The number of nitrogens with one attached hydrogen (secondary N) is 3. The molecular formula is C16H23N5O. The summed E-state index contributed by atoms with van der Waals surface area (Å²) in [5.41, 5.74) is 0.990. The van der Waals surface area contributed by atoms with Crippen LogP contribution in [0.15, 0.2) is 47.6 Å². The van der Waals surface area contributed by atoms with Crippen molar-refractivity contribution >= 4 is 5.96 Å². The van der Waals surface area contributed by atoms with E-state index in [4.69, 9.17) is 4.74 Å². The number of guanidine groups is 1. The van der Waals surface area contributed by atoms with Crippen LogP contribution in [0.2, 0.25) is 0 Å². The van der Waals surface area contributed by atoms with Crippen molar-refractivity contribution in [3.8, 4) is 5.75 Å². The van der Waals surface area contributed by atoms with Crippen LogP contribution in [-0.4, -0.2) is 35.9 Å². The highest BCUT2D eigenvalue weighted by Crippen LogP contribution is 2.07. The topological polar surface area (TPSA) is 74.3 Å². The van der Waals surface area contributed by atoms with Crippen molar-refractivity contribution in [3.05, 3.63) is 48.3 Å². The Kier molecular flexibility index (Phi) is 6.81. The fourth-order valence-corrected chi connectivity index (χ4v) is 1.86. The number of H-pyrrole nitrogens is 1. The Morgan fingerprint density at radius 3 is 2.82 bits per heavy atom. The van der Waals surface area contributed by atoms with Gasteiger partial charge in [0, 0.05) is 19.3 Å². The smallest absolute Gasteiger partial charge is 0.191 e. The minimum absolute atomic E-state index is 0.579. The van der Waals surface area contributed by atoms with Crippen molar-refractivity contribution in [1.29, 1.82) is 0 Å². The van der Waals surface area contributed by atoms with Gasteiger partial charge < -0.3 is 15.4 Å². The Morgan fingerprint density at radius 2 is 2.09 bits per heavy atom. The molecule has 0 saturated heterocycles. The van der Waals surface area contributed by atoms with E-state index in [-0.39, 0.29) is 0 Å². The maximum atomic E-state index is 5.65. The first-order valence-corrected chi connectivity index (χ1v) is 7.56. The SMILES string of the molecule is CCNC(=NCc1ccn[nH]1)NCCCOc1ccccc1. The second-order valence-electron chi connectivity index (χ2n) is 4.72. The lowest BCUT2D eigenvalue weighted by atomic mass is 10.3. The maximum Gasteiger partial charge on any atom is 0.191 e. The van der Waals surface area contributed by atoms with Crippen molar-refractivity contribution in [2.45, 2.75) is 19.9 Å². The number of aromatic amines is 1. The Morgan fingerprint density at radius 1 is 1.23 bits per heavy atom. The number of hydrogen-bond donors (Lipinski definition) is 3. The summed E-state index contributed by atoms with van der Waals surface area (Å²) in [6.07, 6.45) is 2.63. The molecule has 1 aromatic heterocycles. The molecule has 0 aliphatic heterocycles. The first kappa shape index (κ1) is 15.9. The summed E-state index contributed by atoms with van der Waals surface area (Å²) in [7, 11) is 0. The van der Waals surface area contributed by atoms with Gasteiger partial charge in [-0.25, -0.2) is 4.99 Å². The molecule has 0 bridgehead atoms. The Balaban J connectivity index is 1.66. The average Bonchev–Trinajstić information content (AvgIpc) is 3.06. The highest BCUT2D eigenvalue weighted by Gasteiger charge is 1.98. The van der Waals surface area contributed by atoms with Crippen molar-refractivity contribution in [2.24, 2.45) is 4.99 Å². The Bertz CT molecular complexity index is 539. The van der Waals surface area contributed by atoms with Crippen LogP contribution in [-0.2, 0) is 6.54 Å². The molecule has 3 N–H and O–H groups in total. The summed E-state index contributed by atoms with van der Waals surface area (Å²) >= 11 is 0. The molecular weight excluding hydrogens is 278 g/mol. The monoisotopic (exact) mass is 301 g/mol. The van der Waals surface area contributed by atoms with Gasteiger partial charge in [-0.2, -0.15) is 5.10 Å². The summed E-state index contributed by atoms with van der Waals surface area (Å²) in [6, 6.07) is 11.8. The summed E-state index contributed by atoms with van der Waals surface area (Å²) < 4.78 is 5.65. The summed E-state index contributed by atoms with van der Waals surface area (Å²) in [5.74, 6) is 1.71. The normalized spacial score (nSPS) is 11.2. The molecule has 6 heteroatoms. The predicted molar refractivity (Wildman–Crippen MR) is 88.0 cm³/mol. The third-order valence-corrected chi connectivity index (χ3v) is 2.94. The molecule has 2 rings (SSSR count). The van der Waals surface area contributed by atoms with Crippen molar-refractivity contribution in [3.63, 3.8) is 0 Å². The minimum Gasteiger partial charge on any atom is -0.494 e. The molecule has 1 heterocycles. The second-order valence-corrected chi connectivity index (χ2v) is 4.72. The van der Waals surface area contributed by atoms with E-state index in [2.05, 4.69) is 25.8 Å². The predicted octanol–water partition coefficient (Wildman–Crippen LogP) is 1.93. The highest BCUT2D eigenvalue weighted by atomic mass is 16.5. The zero-order valence-corrected chi connectivity index (χ0v) is 12.9. The van der Waals surface area contributed by atoms with Gasteiger partial charge in [0.15, 0.2) is 5.96 Å². The number of aromatic nitrogens is 2. The van der Waals surface area contributed by atoms with Gasteiger partial charge in [0.25, 0.3) is 0 Å². The fourth-order valence-electron chi connectivity index (χ4n) is 1.86. The molecule has 0 saturated carbocycles. The van der Waals surface area contributed by atoms with Crippen LogP contribution in [0.5, 0.6) is 5.75 Å². The van der Waals surface area contributed by atoms with Gasteiger partial charge in [0.1, 0.15) is 5.75 Å². The number of aliphatic imine (C=N–C) groups is 1. The lowest BCUT2D eigenvalue weighted by Gasteiger charge is -2.11. The van der Waals surface area contributed by atoms with E-state index in [1.165, 1.54) is 0 Å². The van der Waals surface area contributed by atoms with Gasteiger partial charge in [-0.05, 0) is 31.5 Å². The van der Waals surface area contributed by atoms with Crippen LogP contribution in [0.3, 0.4) is 0 Å². The number of para-hydroxylation sites is 1. The molecule has 0 aliphatic carbocycles. The largest absolute Gasteiger partial charge is 0.494 e. The van der Waals surface area contributed by atoms with Crippen LogP contribution in [0.25, 0.3) is 0 Å². The van der Waals surface area contributed by atoms with Gasteiger partial charge in [0.2, 0.25) is 0 Å². The maximum absolute atomic E-state index is 5.65. The zero-order valence-electron chi connectivity index (χ0n) is 12.9. The van der Waals surface area contributed by atoms with Crippen LogP contribution in [0.1, 0.15) is 19.0 Å². The molecule has 6 nitrogen and oxygen atoms in total. The standard InChI is InChI=1S/C16H23N5O/c1-2-17-16(19-13-14-9-11-20-21-14)18-10-6-12-22-15-7-4-3-5-8-15/h3-5,7-9,11H,2,6,10,12-13H2,1H3,(H,20,21)(H2,17,18,19). The molecule has 0 fully saturated rings. The van der Waals surface area contributed by atoms with Gasteiger partial charge in [-0.3, -0.25) is 5.10 Å². The average molecular weight is 301 g/mol. The third-order valence-electron chi connectivity index (χ3n) is 2.94. The highest BCUT2D eigenvalue weighted by molar-refractivity contribution is 5.79. The van der Waals surface area contributed by atoms with Gasteiger partial charge in [-0.1, -0.05) is 18.2 Å². The Labute approximate surface area is 131 Å². The molecule has 22 heavy (non-hydrogen) atoms. The molecule has 2 aromatic rings. The fraction of sp³-hybridized carbons (Fsp3) is 0.375. The van der Waals surface area contributed by atoms with E-state index in [9.17, 15) is 0 Å². The summed E-state index contributed by atoms with van der Waals surface area (Å²) in [4.78, 5) is 4.49. The molecule has 0 atom stereocenters. The first-order valence-electron chi connectivity index (χ1n) is 7.56. The van der Waals surface area contributed by atoms with Crippen molar-refractivity contribution in [2.75, 3.05) is 19.7 Å². The Hall–Kier alpha value is -2.50. The molecule has 0 amide bonds. The molecule has 1 aromatic carbocycles. The molecule has 0 aliphatic rings. The van der Waals surface area contributed by atoms with Gasteiger partial charge in [-0.15, -0.1) is 0 Å². The zero-order chi connectivity index (χ0) is 15.5. The van der Waals surface area contributed by atoms with E-state index in [1.807, 2.05) is 43.3 Å². The number of rotatable bonds is 8. The van der Waals surface area contributed by atoms with Crippen LogP contribution >= 0.6 is 0 Å². The van der Waals surface area contributed by atoms with E-state index in [0.29, 0.717) is 13.2 Å². The second kappa shape index (κ2) is 9.44. The van der Waals surface area contributed by atoms with Crippen molar-refractivity contribution in [1.82, 2.24) is 20.8 Å². The molecule has 0 spiro atoms. The van der Waals surface area contributed by atoms with Gasteiger partial charge >= 0.3 is 0 Å². The number of benzene rings is 1. The molecule has 0 radical (unpaired) electrons. The van der Waals surface area contributed by atoms with E-state index >= 15 is 0 Å². The van der Waals surface area contributed by atoms with Crippen LogP contribution in [0, 0.1) is 0 Å².